The monoisotopic (exact) mass is 802 g/mol. The Balaban J connectivity index is 0.000000151. The second kappa shape index (κ2) is 16.4. The lowest BCUT2D eigenvalue weighted by atomic mass is 9.97. The van der Waals surface area contributed by atoms with Crippen LogP contribution in [0.4, 0.5) is 0 Å². The molecular weight excluding hydrogens is 757 g/mol. The van der Waals surface area contributed by atoms with Crippen molar-refractivity contribution in [2.45, 2.75) is 84.5 Å². The van der Waals surface area contributed by atoms with E-state index in [4.69, 9.17) is 0 Å². The van der Waals surface area contributed by atoms with Crippen molar-refractivity contribution >= 4 is 64.7 Å². The lowest BCUT2D eigenvalue weighted by Crippen LogP contribution is -2.24. The van der Waals surface area contributed by atoms with E-state index in [0.717, 1.165) is 81.0 Å². The average molecular weight is 803 g/mol. The minimum atomic E-state index is -3.30. The molecule has 58 heavy (non-hydrogen) atoms. The number of benzene rings is 6. The van der Waals surface area contributed by atoms with Crippen LogP contribution in [-0.4, -0.2) is 28.9 Å². The summed E-state index contributed by atoms with van der Waals surface area (Å²) >= 11 is 2.05. The molecule has 0 bridgehead atoms. The van der Waals surface area contributed by atoms with Crippen LogP contribution < -0.4 is 11.1 Å². The summed E-state index contributed by atoms with van der Waals surface area (Å²) in [4.78, 5) is 31.2. The Bertz CT molecular complexity index is 3030. The fourth-order valence-electron chi connectivity index (χ4n) is 8.94. The quantitative estimate of drug-likeness (QED) is 0.174. The van der Waals surface area contributed by atoms with Crippen LogP contribution in [0.3, 0.4) is 0 Å². The van der Waals surface area contributed by atoms with Crippen molar-refractivity contribution in [3.05, 3.63) is 154 Å². The molecule has 8 aromatic rings. The van der Waals surface area contributed by atoms with Gasteiger partial charge < -0.3 is 9.97 Å². The first-order valence-electron chi connectivity index (χ1n) is 20.5. The number of aromatic amines is 2. The summed E-state index contributed by atoms with van der Waals surface area (Å²) in [6, 6.07) is 40.6. The zero-order valence-electron chi connectivity index (χ0n) is 32.4. The molecule has 6 nitrogen and oxygen atoms in total. The van der Waals surface area contributed by atoms with Gasteiger partial charge in [0, 0.05) is 33.3 Å². The van der Waals surface area contributed by atoms with Gasteiger partial charge in [-0.25, -0.2) is 8.42 Å². The summed E-state index contributed by atoms with van der Waals surface area (Å²) in [5.74, 6) is 0. The van der Waals surface area contributed by atoms with Crippen LogP contribution in [0.5, 0.6) is 0 Å². The fourth-order valence-corrected chi connectivity index (χ4v) is 12.1. The Labute approximate surface area is 342 Å². The highest BCUT2D eigenvalue weighted by Gasteiger charge is 2.29. The van der Waals surface area contributed by atoms with Gasteiger partial charge in [0.15, 0.2) is 9.84 Å². The van der Waals surface area contributed by atoms with Crippen LogP contribution in [-0.2, 0) is 9.84 Å². The molecule has 0 spiro atoms. The zero-order chi connectivity index (χ0) is 39.6. The molecule has 8 heteroatoms. The normalized spacial score (nSPS) is 15.4. The molecule has 2 saturated carbocycles. The van der Waals surface area contributed by atoms with Crippen LogP contribution in [0, 0.1) is 0 Å². The number of hydrogen-bond donors (Lipinski definition) is 2. The SMILES string of the molecule is O=c1[nH]ccc2cc(-c3cccc4cc(S(=O)(=O)C5CCCCC5)ccc34)ccc12.O=c1[nH]ccc2cc(-c3cccc4cc(SC5CCCCC5)ccc34)ccc12. The van der Waals surface area contributed by atoms with Crippen molar-refractivity contribution in [1.29, 1.82) is 0 Å². The largest absolute Gasteiger partial charge is 0.329 e. The van der Waals surface area contributed by atoms with E-state index in [2.05, 4.69) is 58.5 Å². The van der Waals surface area contributed by atoms with Gasteiger partial charge in [0.05, 0.1) is 10.1 Å². The highest BCUT2D eigenvalue weighted by Crippen LogP contribution is 2.38. The van der Waals surface area contributed by atoms with E-state index in [-0.39, 0.29) is 16.4 Å². The maximum Gasteiger partial charge on any atom is 0.255 e. The average Bonchev–Trinajstić information content (AvgIpc) is 3.26. The van der Waals surface area contributed by atoms with Gasteiger partial charge in [0.1, 0.15) is 0 Å². The topological polar surface area (TPSA) is 99.9 Å². The molecule has 0 aliphatic heterocycles. The Kier molecular flexibility index (Phi) is 10.8. The number of fused-ring (bicyclic) bond motifs is 4. The van der Waals surface area contributed by atoms with Gasteiger partial charge in [-0.1, -0.05) is 99.2 Å². The fraction of sp³-hybridized carbons (Fsp3) is 0.240. The molecule has 0 amide bonds. The lowest BCUT2D eigenvalue weighted by molar-refractivity contribution is 0.484. The lowest BCUT2D eigenvalue weighted by Gasteiger charge is -2.22. The van der Waals surface area contributed by atoms with Crippen LogP contribution in [0.25, 0.3) is 65.3 Å². The Morgan fingerprint density at radius 2 is 0.983 bits per heavy atom. The molecule has 10 rings (SSSR count). The van der Waals surface area contributed by atoms with Gasteiger partial charge in [-0.2, -0.15) is 0 Å². The first-order valence-corrected chi connectivity index (χ1v) is 22.9. The second-order valence-corrected chi connectivity index (χ2v) is 19.4. The maximum absolute atomic E-state index is 13.1. The third-order valence-corrected chi connectivity index (χ3v) is 15.6. The Hall–Kier alpha value is -5.44. The molecule has 0 saturated heterocycles. The zero-order valence-corrected chi connectivity index (χ0v) is 34.0. The van der Waals surface area contributed by atoms with Crippen LogP contribution in [0.2, 0.25) is 0 Å². The van der Waals surface area contributed by atoms with E-state index < -0.39 is 9.84 Å². The van der Waals surface area contributed by atoms with Crippen molar-refractivity contribution < 1.29 is 8.42 Å². The highest BCUT2D eigenvalue weighted by molar-refractivity contribution is 8.00. The highest BCUT2D eigenvalue weighted by atomic mass is 32.2. The molecule has 2 fully saturated rings. The standard InChI is InChI=1S/C25H23NO3S.C25H23NOS/c27-25-24-11-9-18(15-19(24)13-14-26-25)22-8-4-5-17-16-21(10-12-23(17)22)30(28,29)20-6-2-1-3-7-20;27-25-24-11-9-18(15-19(24)13-14-26-25)22-8-4-5-17-16-21(10-12-23(17)22)28-20-6-2-1-3-7-20/h4-5,8-16,20H,1-3,6-7H2,(H,26,27);4-5,8-16,20H,1-3,6-7H2,(H,26,27). The third-order valence-electron chi connectivity index (χ3n) is 12.0. The molecule has 2 heterocycles. The smallest absolute Gasteiger partial charge is 0.255 e. The molecule has 2 aromatic heterocycles. The number of thioether (sulfide) groups is 1. The van der Waals surface area contributed by atoms with E-state index in [0.29, 0.717) is 10.3 Å². The number of nitrogens with one attached hydrogen (secondary N) is 2. The van der Waals surface area contributed by atoms with Crippen molar-refractivity contribution in [1.82, 2.24) is 9.97 Å². The second-order valence-electron chi connectivity index (χ2n) is 15.8. The maximum atomic E-state index is 13.1. The van der Waals surface area contributed by atoms with E-state index in [1.54, 1.807) is 18.5 Å². The summed E-state index contributed by atoms with van der Waals surface area (Å²) in [5.41, 5.74) is 4.25. The molecule has 2 aliphatic rings. The molecule has 0 atom stereocenters. The summed E-state index contributed by atoms with van der Waals surface area (Å²) in [6.07, 6.45) is 14.8. The van der Waals surface area contributed by atoms with Gasteiger partial charge in [0.2, 0.25) is 0 Å². The van der Waals surface area contributed by atoms with Crippen LogP contribution in [0.1, 0.15) is 64.2 Å². The molecule has 6 aromatic carbocycles. The first-order chi connectivity index (χ1) is 28.3. The van der Waals surface area contributed by atoms with Gasteiger partial charge in [0.25, 0.3) is 11.1 Å². The van der Waals surface area contributed by atoms with E-state index in [1.807, 2.05) is 78.5 Å². The van der Waals surface area contributed by atoms with Crippen LogP contribution >= 0.6 is 11.8 Å². The Morgan fingerprint density at radius 1 is 0.483 bits per heavy atom. The van der Waals surface area contributed by atoms with Crippen molar-refractivity contribution in [2.75, 3.05) is 0 Å². The number of aromatic nitrogens is 2. The molecule has 2 N–H and O–H groups in total. The third kappa shape index (κ3) is 7.75. The van der Waals surface area contributed by atoms with Crippen molar-refractivity contribution in [3.8, 4) is 22.3 Å². The summed E-state index contributed by atoms with van der Waals surface area (Å²) in [5, 5.41) is 8.22. The van der Waals surface area contributed by atoms with Crippen LogP contribution in [0.15, 0.2) is 153 Å². The molecule has 0 unspecified atom stereocenters. The summed E-state index contributed by atoms with van der Waals surface area (Å²) in [7, 11) is -3.30. The van der Waals surface area contributed by atoms with E-state index in [9.17, 15) is 18.0 Å². The van der Waals surface area contributed by atoms with E-state index in [1.165, 1.54) is 53.3 Å². The summed E-state index contributed by atoms with van der Waals surface area (Å²) < 4.78 is 26.3. The van der Waals surface area contributed by atoms with Crippen molar-refractivity contribution in [3.63, 3.8) is 0 Å². The molecular formula is C50H46N2O4S2. The number of sulfone groups is 1. The minimum Gasteiger partial charge on any atom is -0.329 e. The number of pyridine rings is 2. The number of hydrogen-bond acceptors (Lipinski definition) is 5. The van der Waals surface area contributed by atoms with Gasteiger partial charge in [-0.3, -0.25) is 9.59 Å². The molecule has 292 valence electrons. The van der Waals surface area contributed by atoms with Gasteiger partial charge in [-0.05, 0) is 141 Å². The minimum absolute atomic E-state index is 0.0358. The predicted octanol–water partition coefficient (Wildman–Crippen LogP) is 12.2. The van der Waals surface area contributed by atoms with Crippen molar-refractivity contribution in [2.24, 2.45) is 0 Å². The first kappa shape index (κ1) is 38.1. The molecule has 0 radical (unpaired) electrons. The van der Waals surface area contributed by atoms with Gasteiger partial charge in [-0.15, -0.1) is 11.8 Å². The number of H-pyrrole nitrogens is 2. The predicted molar refractivity (Wildman–Crippen MR) is 242 cm³/mol. The summed E-state index contributed by atoms with van der Waals surface area (Å²) in [6.45, 7) is 0. The Morgan fingerprint density at radius 3 is 1.57 bits per heavy atom. The van der Waals surface area contributed by atoms with E-state index >= 15 is 0 Å². The number of rotatable bonds is 6. The van der Waals surface area contributed by atoms with Gasteiger partial charge >= 0.3 is 0 Å². The molecule has 2 aliphatic carbocycles.